The highest BCUT2D eigenvalue weighted by molar-refractivity contribution is 7.90. The zero-order chi connectivity index (χ0) is 14.4. The second-order valence-electron chi connectivity index (χ2n) is 5.00. The first-order valence-electron chi connectivity index (χ1n) is 6.97. The molecule has 0 aromatic heterocycles. The van der Waals surface area contributed by atoms with Gasteiger partial charge >= 0.3 is 0 Å². The SMILES string of the molecule is CCCCc1cccc(S(=O)(=O)Cc2ccccc2)c1. The van der Waals surface area contributed by atoms with E-state index in [1.165, 1.54) is 0 Å². The molecule has 2 aromatic carbocycles. The summed E-state index contributed by atoms with van der Waals surface area (Å²) in [6, 6.07) is 16.6. The molecule has 0 saturated heterocycles. The van der Waals surface area contributed by atoms with Crippen LogP contribution in [0.2, 0.25) is 0 Å². The van der Waals surface area contributed by atoms with Crippen LogP contribution in [0.4, 0.5) is 0 Å². The summed E-state index contributed by atoms with van der Waals surface area (Å²) >= 11 is 0. The minimum atomic E-state index is -3.26. The van der Waals surface area contributed by atoms with E-state index in [1.54, 1.807) is 6.07 Å². The maximum atomic E-state index is 12.4. The van der Waals surface area contributed by atoms with E-state index in [9.17, 15) is 8.42 Å². The normalized spacial score (nSPS) is 11.4. The van der Waals surface area contributed by atoms with Gasteiger partial charge < -0.3 is 0 Å². The molecule has 0 radical (unpaired) electrons. The van der Waals surface area contributed by atoms with Gasteiger partial charge in [0.25, 0.3) is 0 Å². The molecular formula is C17H20O2S. The van der Waals surface area contributed by atoms with Crippen LogP contribution in [0.3, 0.4) is 0 Å². The molecule has 0 heterocycles. The fourth-order valence-corrected chi connectivity index (χ4v) is 3.57. The summed E-state index contributed by atoms with van der Waals surface area (Å²) in [6.45, 7) is 2.13. The Labute approximate surface area is 121 Å². The summed E-state index contributed by atoms with van der Waals surface area (Å²) in [6.07, 6.45) is 3.13. The second kappa shape index (κ2) is 6.71. The van der Waals surface area contributed by atoms with Gasteiger partial charge in [-0.05, 0) is 36.1 Å². The van der Waals surface area contributed by atoms with Crippen molar-refractivity contribution in [3.05, 3.63) is 65.7 Å². The summed E-state index contributed by atoms with van der Waals surface area (Å²) in [5.74, 6) is 0.0606. The number of sulfone groups is 1. The molecule has 0 bridgehead atoms. The number of unbranched alkanes of at least 4 members (excludes halogenated alkanes) is 1. The van der Waals surface area contributed by atoms with Crippen molar-refractivity contribution in [2.75, 3.05) is 0 Å². The lowest BCUT2D eigenvalue weighted by Gasteiger charge is -2.07. The van der Waals surface area contributed by atoms with E-state index in [1.807, 2.05) is 48.5 Å². The molecule has 2 aromatic rings. The van der Waals surface area contributed by atoms with E-state index in [0.29, 0.717) is 4.90 Å². The Morgan fingerprint density at radius 3 is 2.30 bits per heavy atom. The van der Waals surface area contributed by atoms with Crippen LogP contribution in [0.5, 0.6) is 0 Å². The van der Waals surface area contributed by atoms with Crippen molar-refractivity contribution in [1.82, 2.24) is 0 Å². The standard InChI is InChI=1S/C17H20O2S/c1-2-3-8-15-11-7-12-17(13-15)20(18,19)14-16-9-5-4-6-10-16/h4-7,9-13H,2-3,8,14H2,1H3. The van der Waals surface area contributed by atoms with Gasteiger partial charge in [-0.3, -0.25) is 0 Å². The van der Waals surface area contributed by atoms with E-state index < -0.39 is 9.84 Å². The van der Waals surface area contributed by atoms with Crippen LogP contribution in [0.1, 0.15) is 30.9 Å². The van der Waals surface area contributed by atoms with Crippen molar-refractivity contribution >= 4 is 9.84 Å². The zero-order valence-corrected chi connectivity index (χ0v) is 12.6. The third-order valence-electron chi connectivity index (χ3n) is 3.28. The van der Waals surface area contributed by atoms with Crippen molar-refractivity contribution in [2.45, 2.75) is 36.8 Å². The van der Waals surface area contributed by atoms with Gasteiger partial charge in [0, 0.05) is 0 Å². The van der Waals surface area contributed by atoms with Crippen LogP contribution < -0.4 is 0 Å². The third kappa shape index (κ3) is 3.94. The molecule has 3 heteroatoms. The maximum absolute atomic E-state index is 12.4. The molecule has 0 N–H and O–H groups in total. The Hall–Kier alpha value is -1.61. The Kier molecular flexibility index (Phi) is 4.96. The van der Waals surface area contributed by atoms with Crippen LogP contribution in [0.25, 0.3) is 0 Å². The molecule has 0 unspecified atom stereocenters. The van der Waals surface area contributed by atoms with Crippen molar-refractivity contribution in [3.63, 3.8) is 0 Å². The number of aryl methyl sites for hydroxylation is 1. The first kappa shape index (κ1) is 14.8. The van der Waals surface area contributed by atoms with Crippen molar-refractivity contribution < 1.29 is 8.42 Å². The Morgan fingerprint density at radius 1 is 0.900 bits per heavy atom. The zero-order valence-electron chi connectivity index (χ0n) is 11.7. The van der Waals surface area contributed by atoms with Crippen LogP contribution >= 0.6 is 0 Å². The summed E-state index contributed by atoms with van der Waals surface area (Å²) < 4.78 is 24.9. The van der Waals surface area contributed by atoms with Crippen molar-refractivity contribution in [3.8, 4) is 0 Å². The molecule has 0 atom stereocenters. The molecule has 0 aliphatic carbocycles. The van der Waals surface area contributed by atoms with Crippen molar-refractivity contribution in [1.29, 1.82) is 0 Å². The average molecular weight is 288 g/mol. The Balaban J connectivity index is 2.21. The van der Waals surface area contributed by atoms with Gasteiger partial charge in [0.1, 0.15) is 0 Å². The first-order valence-corrected chi connectivity index (χ1v) is 8.62. The fraction of sp³-hybridized carbons (Fsp3) is 0.294. The van der Waals surface area contributed by atoms with E-state index in [4.69, 9.17) is 0 Å². The van der Waals surface area contributed by atoms with Gasteiger partial charge in [-0.2, -0.15) is 0 Å². The highest BCUT2D eigenvalue weighted by Crippen LogP contribution is 2.18. The van der Waals surface area contributed by atoms with Gasteiger partial charge in [0.2, 0.25) is 0 Å². The summed E-state index contributed by atoms with van der Waals surface area (Å²) in [5.41, 5.74) is 1.92. The summed E-state index contributed by atoms with van der Waals surface area (Å²) in [7, 11) is -3.26. The monoisotopic (exact) mass is 288 g/mol. The number of hydrogen-bond acceptors (Lipinski definition) is 2. The lowest BCUT2D eigenvalue weighted by molar-refractivity contribution is 0.595. The predicted octanol–water partition coefficient (Wildman–Crippen LogP) is 4.00. The molecule has 0 spiro atoms. The lowest BCUT2D eigenvalue weighted by Crippen LogP contribution is -2.05. The third-order valence-corrected chi connectivity index (χ3v) is 4.96. The van der Waals surface area contributed by atoms with Crippen LogP contribution in [0, 0.1) is 0 Å². The predicted molar refractivity (Wildman–Crippen MR) is 82.4 cm³/mol. The molecule has 2 nitrogen and oxygen atoms in total. The van der Waals surface area contributed by atoms with Crippen LogP contribution in [0.15, 0.2) is 59.5 Å². The molecular weight excluding hydrogens is 268 g/mol. The molecule has 0 saturated carbocycles. The molecule has 0 aliphatic heterocycles. The van der Waals surface area contributed by atoms with Gasteiger partial charge in [0.15, 0.2) is 9.84 Å². The minimum Gasteiger partial charge on any atom is -0.223 e. The quantitative estimate of drug-likeness (QED) is 0.805. The first-order chi connectivity index (χ1) is 9.62. The molecule has 20 heavy (non-hydrogen) atoms. The molecule has 2 rings (SSSR count). The topological polar surface area (TPSA) is 34.1 Å². The average Bonchev–Trinajstić information content (AvgIpc) is 2.46. The smallest absolute Gasteiger partial charge is 0.182 e. The van der Waals surface area contributed by atoms with E-state index in [2.05, 4.69) is 6.92 Å². The van der Waals surface area contributed by atoms with Gasteiger partial charge in [-0.25, -0.2) is 8.42 Å². The molecule has 106 valence electrons. The fourth-order valence-electron chi connectivity index (χ4n) is 2.15. The minimum absolute atomic E-state index is 0.0606. The molecule has 0 amide bonds. The highest BCUT2D eigenvalue weighted by Gasteiger charge is 2.15. The van der Waals surface area contributed by atoms with Crippen molar-refractivity contribution in [2.24, 2.45) is 0 Å². The van der Waals surface area contributed by atoms with Gasteiger partial charge in [-0.1, -0.05) is 55.8 Å². The van der Waals surface area contributed by atoms with E-state index in [-0.39, 0.29) is 5.75 Å². The lowest BCUT2D eigenvalue weighted by atomic mass is 10.1. The summed E-state index contributed by atoms with van der Waals surface area (Å²) in [4.78, 5) is 0.426. The highest BCUT2D eigenvalue weighted by atomic mass is 32.2. The van der Waals surface area contributed by atoms with Gasteiger partial charge in [-0.15, -0.1) is 0 Å². The summed E-state index contributed by atoms with van der Waals surface area (Å²) in [5, 5.41) is 0. The molecule has 0 fully saturated rings. The maximum Gasteiger partial charge on any atom is 0.182 e. The Morgan fingerprint density at radius 2 is 1.60 bits per heavy atom. The molecule has 0 aliphatic rings. The van der Waals surface area contributed by atoms with E-state index >= 15 is 0 Å². The van der Waals surface area contributed by atoms with Crippen LogP contribution in [-0.4, -0.2) is 8.42 Å². The van der Waals surface area contributed by atoms with Crippen LogP contribution in [-0.2, 0) is 22.0 Å². The largest absolute Gasteiger partial charge is 0.223 e. The van der Waals surface area contributed by atoms with Gasteiger partial charge in [0.05, 0.1) is 10.6 Å². The second-order valence-corrected chi connectivity index (χ2v) is 6.99. The van der Waals surface area contributed by atoms with E-state index in [0.717, 1.165) is 30.4 Å². The number of hydrogen-bond donors (Lipinski definition) is 0. The Bertz CT molecular complexity index is 646. The number of benzene rings is 2. The number of rotatable bonds is 6.